The second-order valence-corrected chi connectivity index (χ2v) is 9.96. The van der Waals surface area contributed by atoms with Crippen LogP contribution in [0.2, 0.25) is 0 Å². The van der Waals surface area contributed by atoms with Crippen LogP contribution in [0.3, 0.4) is 0 Å². The first-order valence-corrected chi connectivity index (χ1v) is 12.3. The number of carbonyl (C=O) groups is 3. The van der Waals surface area contributed by atoms with Gasteiger partial charge in [0.1, 0.15) is 17.6 Å². The van der Waals surface area contributed by atoms with E-state index in [1.807, 2.05) is 13.8 Å². The lowest BCUT2D eigenvalue weighted by Crippen LogP contribution is -2.46. The van der Waals surface area contributed by atoms with Gasteiger partial charge in [0.2, 0.25) is 0 Å². The Labute approximate surface area is 216 Å². The Morgan fingerprint density at radius 3 is 2.35 bits per heavy atom. The van der Waals surface area contributed by atoms with Gasteiger partial charge in [-0.3, -0.25) is 9.59 Å². The number of rotatable bonds is 10. The van der Waals surface area contributed by atoms with Crippen molar-refractivity contribution in [3.8, 4) is 0 Å². The van der Waals surface area contributed by atoms with Crippen LogP contribution in [0, 0.1) is 5.82 Å². The third kappa shape index (κ3) is 7.33. The van der Waals surface area contributed by atoms with Crippen molar-refractivity contribution in [2.75, 3.05) is 4.90 Å². The first kappa shape index (κ1) is 28.2. The molecule has 1 heterocycles. The second kappa shape index (κ2) is 11.8. The number of carboxylic acids is 1. The lowest BCUT2D eigenvalue weighted by atomic mass is 9.98. The fourth-order valence-electron chi connectivity index (χ4n) is 4.63. The highest BCUT2D eigenvalue weighted by Gasteiger charge is 2.36. The van der Waals surface area contributed by atoms with Crippen LogP contribution in [-0.2, 0) is 19.1 Å². The van der Waals surface area contributed by atoms with Gasteiger partial charge in [0.25, 0.3) is 0 Å². The molecular weight excluding hydrogens is 477 g/mol. The van der Waals surface area contributed by atoms with E-state index < -0.39 is 29.7 Å². The number of aliphatic carboxylic acids is 1. The van der Waals surface area contributed by atoms with Gasteiger partial charge in [-0.05, 0) is 71.0 Å². The number of halogens is 1. The van der Waals surface area contributed by atoms with Crippen molar-refractivity contribution in [3.63, 3.8) is 0 Å². The molecule has 1 fully saturated rings. The number of nitrogens with zero attached hydrogens (tertiary/aromatic N) is 1. The zero-order valence-corrected chi connectivity index (χ0v) is 21.8. The Bertz CT molecular complexity index is 1160. The number of hydrogen-bond acceptors (Lipinski definition) is 6. The number of carbonyl (C=O) groups excluding carboxylic acids is 2. The lowest BCUT2D eigenvalue weighted by molar-refractivity contribution is -0.289. The lowest BCUT2D eigenvalue weighted by Gasteiger charge is -2.40. The van der Waals surface area contributed by atoms with E-state index in [1.165, 1.54) is 31.2 Å². The molecule has 37 heavy (non-hydrogen) atoms. The van der Waals surface area contributed by atoms with Crippen molar-refractivity contribution >= 4 is 23.2 Å². The molecule has 0 aliphatic carbocycles. The molecule has 3 rings (SSSR count). The second-order valence-electron chi connectivity index (χ2n) is 9.96. The predicted octanol–water partition coefficient (Wildman–Crippen LogP) is 5.17. The Kier molecular flexibility index (Phi) is 8.99. The van der Waals surface area contributed by atoms with Crippen LogP contribution in [0.4, 0.5) is 10.1 Å². The molecule has 7 nitrogen and oxygen atoms in total. The number of hydrogen-bond donors (Lipinski definition) is 1. The fourth-order valence-corrected chi connectivity index (χ4v) is 4.63. The third-order valence-corrected chi connectivity index (χ3v) is 6.05. The molecule has 2 aromatic rings. The maximum absolute atomic E-state index is 13.4. The number of para-hydroxylation sites is 1. The molecule has 0 radical (unpaired) electrons. The zero-order valence-electron chi connectivity index (χ0n) is 21.8. The van der Waals surface area contributed by atoms with Gasteiger partial charge < -0.3 is 19.5 Å². The van der Waals surface area contributed by atoms with E-state index in [9.17, 15) is 23.9 Å². The largest absolute Gasteiger partial charge is 0.479 e. The van der Waals surface area contributed by atoms with E-state index in [0.29, 0.717) is 23.2 Å². The van der Waals surface area contributed by atoms with Crippen LogP contribution in [0.5, 0.6) is 0 Å². The van der Waals surface area contributed by atoms with Crippen LogP contribution in [0.15, 0.2) is 60.7 Å². The summed E-state index contributed by atoms with van der Waals surface area (Å²) in [6.07, 6.45) is 3.10. The number of ketones is 2. The standard InChI is InChI=1S/C29H34FNO6/c1-18(2)31(25-9-7-6-8-24(25)27(33)20-10-12-21(30)13-11-20)26(28(34)35)15-14-22-17-23(16-19(3)32)37-29(4,5)36-22/h6-15,18,22-23,26H,16-17H2,1-5H3,(H,34,35)/b15-14+/t22-,23+,26?/m1/s1. The SMILES string of the molecule is CC(=O)C[C@H]1C[C@@H](/C=C/C(C(=O)O)N(c2ccccc2C(=O)c2ccc(F)cc2)C(C)C)OC(C)(C)O1. The van der Waals surface area contributed by atoms with Crippen molar-refractivity contribution in [1.29, 1.82) is 0 Å². The normalized spacial score (nSPS) is 20.1. The molecule has 0 bridgehead atoms. The maximum Gasteiger partial charge on any atom is 0.330 e. The number of ether oxygens (including phenoxy) is 2. The summed E-state index contributed by atoms with van der Waals surface area (Å²) >= 11 is 0. The van der Waals surface area contributed by atoms with Crippen LogP contribution in [-0.4, -0.2) is 52.7 Å². The first-order chi connectivity index (χ1) is 17.4. The number of carboxylic acid groups (broad SMARTS) is 1. The molecule has 1 saturated heterocycles. The molecule has 0 saturated carbocycles. The van der Waals surface area contributed by atoms with Crippen molar-refractivity contribution in [1.82, 2.24) is 0 Å². The minimum atomic E-state index is -1.11. The Morgan fingerprint density at radius 2 is 1.76 bits per heavy atom. The molecule has 1 aliphatic rings. The van der Waals surface area contributed by atoms with Crippen molar-refractivity contribution in [2.24, 2.45) is 0 Å². The smallest absolute Gasteiger partial charge is 0.330 e. The quantitative estimate of drug-likeness (QED) is 0.347. The van der Waals surface area contributed by atoms with Crippen LogP contribution in [0.1, 0.15) is 63.4 Å². The van der Waals surface area contributed by atoms with Gasteiger partial charge in [-0.2, -0.15) is 0 Å². The van der Waals surface area contributed by atoms with E-state index in [0.717, 1.165) is 0 Å². The van der Waals surface area contributed by atoms with E-state index in [1.54, 1.807) is 55.2 Å². The fraction of sp³-hybridized carbons (Fsp3) is 0.414. The Balaban J connectivity index is 1.95. The number of anilines is 1. The van der Waals surface area contributed by atoms with E-state index in [2.05, 4.69) is 0 Å². The van der Waals surface area contributed by atoms with Crippen molar-refractivity contribution < 1.29 is 33.4 Å². The predicted molar refractivity (Wildman–Crippen MR) is 138 cm³/mol. The summed E-state index contributed by atoms with van der Waals surface area (Å²) in [4.78, 5) is 39.1. The highest BCUT2D eigenvalue weighted by atomic mass is 19.1. The molecule has 2 aromatic carbocycles. The van der Waals surface area contributed by atoms with Gasteiger partial charge in [-0.25, -0.2) is 9.18 Å². The summed E-state index contributed by atoms with van der Waals surface area (Å²) in [5, 5.41) is 10.2. The Morgan fingerprint density at radius 1 is 1.11 bits per heavy atom. The minimum Gasteiger partial charge on any atom is -0.479 e. The van der Waals surface area contributed by atoms with Gasteiger partial charge in [-0.15, -0.1) is 0 Å². The van der Waals surface area contributed by atoms with Gasteiger partial charge in [0.15, 0.2) is 11.6 Å². The molecule has 3 atom stereocenters. The molecule has 1 unspecified atom stereocenters. The highest BCUT2D eigenvalue weighted by Crippen LogP contribution is 2.31. The highest BCUT2D eigenvalue weighted by molar-refractivity contribution is 6.12. The molecule has 1 N–H and O–H groups in total. The van der Waals surface area contributed by atoms with Crippen LogP contribution < -0.4 is 4.90 Å². The van der Waals surface area contributed by atoms with Gasteiger partial charge in [0.05, 0.1) is 12.2 Å². The third-order valence-electron chi connectivity index (χ3n) is 6.05. The monoisotopic (exact) mass is 511 g/mol. The summed E-state index contributed by atoms with van der Waals surface area (Å²) in [6.45, 7) is 8.71. The van der Waals surface area contributed by atoms with Gasteiger partial charge >= 0.3 is 5.97 Å². The minimum absolute atomic E-state index is 0.00209. The first-order valence-electron chi connectivity index (χ1n) is 12.3. The summed E-state index contributed by atoms with van der Waals surface area (Å²) in [7, 11) is 0. The van der Waals surface area contributed by atoms with Crippen LogP contribution in [0.25, 0.3) is 0 Å². The van der Waals surface area contributed by atoms with E-state index >= 15 is 0 Å². The number of benzene rings is 2. The van der Waals surface area contributed by atoms with Crippen molar-refractivity contribution in [3.05, 3.63) is 77.6 Å². The summed E-state index contributed by atoms with van der Waals surface area (Å²) in [5.41, 5.74) is 1.06. The molecule has 8 heteroatoms. The summed E-state index contributed by atoms with van der Waals surface area (Å²) < 4.78 is 25.2. The summed E-state index contributed by atoms with van der Waals surface area (Å²) in [6, 6.07) is 10.6. The molecular formula is C29H34FNO6. The van der Waals surface area contributed by atoms with Crippen molar-refractivity contribution in [2.45, 2.75) is 77.5 Å². The van der Waals surface area contributed by atoms with Gasteiger partial charge in [0, 0.05) is 35.7 Å². The maximum atomic E-state index is 13.4. The summed E-state index contributed by atoms with van der Waals surface area (Å²) in [5.74, 6) is -2.81. The molecule has 198 valence electrons. The zero-order chi connectivity index (χ0) is 27.3. The average molecular weight is 512 g/mol. The Hall–Kier alpha value is -3.36. The number of Topliss-reactive ketones (excluding diaryl/α,β-unsaturated/α-hetero) is 1. The molecule has 0 aromatic heterocycles. The van der Waals surface area contributed by atoms with E-state index in [4.69, 9.17) is 9.47 Å². The van der Waals surface area contributed by atoms with E-state index in [-0.39, 0.29) is 30.1 Å². The molecule has 1 aliphatic heterocycles. The average Bonchev–Trinajstić information content (AvgIpc) is 2.80. The van der Waals surface area contributed by atoms with Gasteiger partial charge in [-0.1, -0.05) is 24.3 Å². The molecule has 0 spiro atoms. The molecule has 0 amide bonds. The van der Waals surface area contributed by atoms with Crippen LogP contribution >= 0.6 is 0 Å². The topological polar surface area (TPSA) is 93.1 Å².